The third kappa shape index (κ3) is 5.66. The molecule has 2 aromatic rings. The molecule has 0 saturated heterocycles. The zero-order valence-electron chi connectivity index (χ0n) is 13.8. The van der Waals surface area contributed by atoms with Gasteiger partial charge in [-0.2, -0.15) is 0 Å². The number of aromatic hydroxyl groups is 1. The normalized spacial score (nSPS) is 11.1. The van der Waals surface area contributed by atoms with Gasteiger partial charge in [-0.1, -0.05) is 36.4 Å². The Bertz CT molecular complexity index is 674. The zero-order valence-corrected chi connectivity index (χ0v) is 13.8. The molecule has 0 unspecified atom stereocenters. The van der Waals surface area contributed by atoms with Gasteiger partial charge in [0.05, 0.1) is 0 Å². The van der Waals surface area contributed by atoms with Crippen LogP contribution in [0, 0.1) is 0 Å². The molecule has 0 aliphatic heterocycles. The molecule has 2 rings (SSSR count). The molecule has 0 saturated carbocycles. The fourth-order valence-corrected chi connectivity index (χ4v) is 2.21. The van der Waals surface area contributed by atoms with E-state index in [1.54, 1.807) is 12.1 Å². The van der Waals surface area contributed by atoms with Gasteiger partial charge in [0, 0.05) is 6.54 Å². The molecular weight excluding hydrogens is 290 g/mol. The average molecular weight is 313 g/mol. The van der Waals surface area contributed by atoms with Crippen molar-refractivity contribution in [3.8, 4) is 16.9 Å². The van der Waals surface area contributed by atoms with Crippen LogP contribution in [-0.2, 0) is 11.2 Å². The van der Waals surface area contributed by atoms with E-state index >= 15 is 0 Å². The summed E-state index contributed by atoms with van der Waals surface area (Å²) in [6.07, 6.45) is 0.313. The van der Waals surface area contributed by atoms with E-state index in [1.807, 2.05) is 51.1 Å². The highest BCUT2D eigenvalue weighted by Gasteiger charge is 2.15. The van der Waals surface area contributed by atoms with E-state index in [1.165, 1.54) is 0 Å². The lowest BCUT2D eigenvalue weighted by molar-refractivity contribution is 0.0528. The number of hydrogen-bond donors (Lipinski definition) is 2. The van der Waals surface area contributed by atoms with Crippen molar-refractivity contribution < 1.29 is 14.6 Å². The van der Waals surface area contributed by atoms with E-state index in [2.05, 4.69) is 11.4 Å². The molecule has 0 aromatic heterocycles. The maximum atomic E-state index is 11.6. The quantitative estimate of drug-likeness (QED) is 0.892. The highest BCUT2D eigenvalue weighted by atomic mass is 16.6. The van der Waals surface area contributed by atoms with Crippen LogP contribution in [0.4, 0.5) is 4.79 Å². The minimum Gasteiger partial charge on any atom is -0.508 e. The van der Waals surface area contributed by atoms with Crippen LogP contribution in [0.5, 0.6) is 5.75 Å². The first kappa shape index (κ1) is 16.9. The van der Waals surface area contributed by atoms with Crippen LogP contribution >= 0.6 is 0 Å². The number of phenolic OH excluding ortho intramolecular Hbond substituents is 1. The third-order valence-corrected chi connectivity index (χ3v) is 3.19. The van der Waals surface area contributed by atoms with Gasteiger partial charge in [-0.25, -0.2) is 4.79 Å². The molecule has 0 aliphatic carbocycles. The van der Waals surface area contributed by atoms with Crippen LogP contribution in [0.1, 0.15) is 26.3 Å². The lowest BCUT2D eigenvalue weighted by atomic mass is 10.0. The van der Waals surface area contributed by atoms with E-state index in [-0.39, 0.29) is 5.75 Å². The zero-order chi connectivity index (χ0) is 16.9. The molecule has 2 aromatic carbocycles. The topological polar surface area (TPSA) is 58.6 Å². The van der Waals surface area contributed by atoms with Crippen molar-refractivity contribution in [3.63, 3.8) is 0 Å². The Balaban J connectivity index is 1.94. The first-order valence-electron chi connectivity index (χ1n) is 7.69. The van der Waals surface area contributed by atoms with E-state index in [4.69, 9.17) is 4.74 Å². The summed E-state index contributed by atoms with van der Waals surface area (Å²) < 4.78 is 5.20. The van der Waals surface area contributed by atoms with Gasteiger partial charge >= 0.3 is 6.09 Å². The molecule has 0 radical (unpaired) electrons. The number of amides is 1. The Morgan fingerprint density at radius 3 is 2.39 bits per heavy atom. The lowest BCUT2D eigenvalue weighted by Crippen LogP contribution is -2.33. The number of rotatable bonds is 4. The van der Waals surface area contributed by atoms with Gasteiger partial charge in [0.1, 0.15) is 11.4 Å². The number of benzene rings is 2. The summed E-state index contributed by atoms with van der Waals surface area (Å²) in [5, 5.41) is 12.3. The van der Waals surface area contributed by atoms with Crippen molar-refractivity contribution in [2.45, 2.75) is 32.8 Å². The number of ether oxygens (including phenoxy) is 1. The predicted molar refractivity (Wildman–Crippen MR) is 91.5 cm³/mol. The van der Waals surface area contributed by atoms with E-state index in [9.17, 15) is 9.90 Å². The van der Waals surface area contributed by atoms with Gasteiger partial charge in [0.2, 0.25) is 0 Å². The Labute approximate surface area is 137 Å². The molecule has 0 heterocycles. The van der Waals surface area contributed by atoms with Crippen molar-refractivity contribution in [2.24, 2.45) is 0 Å². The second-order valence-corrected chi connectivity index (χ2v) is 6.43. The molecule has 0 fully saturated rings. The largest absolute Gasteiger partial charge is 0.508 e. The molecule has 23 heavy (non-hydrogen) atoms. The maximum Gasteiger partial charge on any atom is 0.407 e. The van der Waals surface area contributed by atoms with Gasteiger partial charge in [-0.3, -0.25) is 0 Å². The molecule has 0 aliphatic rings. The summed E-state index contributed by atoms with van der Waals surface area (Å²) in [4.78, 5) is 11.6. The second-order valence-electron chi connectivity index (χ2n) is 6.43. The number of phenols is 1. The van der Waals surface area contributed by atoms with Crippen LogP contribution in [0.3, 0.4) is 0 Å². The minimum absolute atomic E-state index is 0.250. The summed E-state index contributed by atoms with van der Waals surface area (Å²) in [5.41, 5.74) is 2.63. The number of alkyl carbamates (subject to hydrolysis) is 1. The summed E-state index contributed by atoms with van der Waals surface area (Å²) in [6, 6.07) is 15.2. The standard InChI is InChI=1S/C19H23NO3/c1-19(2,3)23-18(22)20-11-10-14-6-4-7-15(12-14)16-8-5-9-17(21)13-16/h4-9,12-13,21H,10-11H2,1-3H3,(H,20,22). The number of nitrogens with one attached hydrogen (secondary N) is 1. The summed E-state index contributed by atoms with van der Waals surface area (Å²) >= 11 is 0. The summed E-state index contributed by atoms with van der Waals surface area (Å²) in [5.74, 6) is 0.250. The first-order chi connectivity index (χ1) is 10.8. The van der Waals surface area contributed by atoms with Crippen molar-refractivity contribution in [3.05, 3.63) is 54.1 Å². The Hall–Kier alpha value is -2.49. The molecule has 0 bridgehead atoms. The molecule has 122 valence electrons. The Morgan fingerprint density at radius 1 is 1.09 bits per heavy atom. The van der Waals surface area contributed by atoms with Crippen molar-refractivity contribution in [2.75, 3.05) is 6.54 Å². The Kier molecular flexibility index (Phi) is 5.27. The van der Waals surface area contributed by atoms with Crippen LogP contribution in [-0.4, -0.2) is 23.3 Å². The molecule has 0 spiro atoms. The van der Waals surface area contributed by atoms with Gasteiger partial charge in [-0.05, 0) is 56.0 Å². The van der Waals surface area contributed by atoms with E-state index < -0.39 is 11.7 Å². The van der Waals surface area contributed by atoms with Gasteiger partial charge in [0.15, 0.2) is 0 Å². The summed E-state index contributed by atoms with van der Waals surface area (Å²) in [7, 11) is 0. The molecule has 4 nitrogen and oxygen atoms in total. The van der Waals surface area contributed by atoms with Crippen molar-refractivity contribution in [1.29, 1.82) is 0 Å². The average Bonchev–Trinajstić information content (AvgIpc) is 2.46. The smallest absolute Gasteiger partial charge is 0.407 e. The minimum atomic E-state index is -0.487. The molecule has 1 amide bonds. The van der Waals surface area contributed by atoms with Crippen LogP contribution in [0.2, 0.25) is 0 Å². The molecule has 4 heteroatoms. The van der Waals surface area contributed by atoms with Crippen LogP contribution in [0.25, 0.3) is 11.1 Å². The van der Waals surface area contributed by atoms with Crippen molar-refractivity contribution >= 4 is 6.09 Å². The highest BCUT2D eigenvalue weighted by molar-refractivity contribution is 5.68. The number of carbonyl (C=O) groups excluding carboxylic acids is 1. The maximum absolute atomic E-state index is 11.6. The predicted octanol–water partition coefficient (Wildman–Crippen LogP) is 4.13. The lowest BCUT2D eigenvalue weighted by Gasteiger charge is -2.19. The second kappa shape index (κ2) is 7.18. The fraction of sp³-hybridized carbons (Fsp3) is 0.316. The van der Waals surface area contributed by atoms with Crippen LogP contribution in [0.15, 0.2) is 48.5 Å². The number of hydrogen-bond acceptors (Lipinski definition) is 3. The van der Waals surface area contributed by atoms with E-state index in [0.29, 0.717) is 13.0 Å². The SMILES string of the molecule is CC(C)(C)OC(=O)NCCc1cccc(-c2cccc(O)c2)c1. The summed E-state index contributed by atoms with van der Waals surface area (Å²) in [6.45, 7) is 6.03. The van der Waals surface area contributed by atoms with Crippen LogP contribution < -0.4 is 5.32 Å². The van der Waals surface area contributed by atoms with Gasteiger partial charge in [0.25, 0.3) is 0 Å². The first-order valence-corrected chi connectivity index (χ1v) is 7.69. The molecule has 0 atom stereocenters. The third-order valence-electron chi connectivity index (χ3n) is 3.19. The number of carbonyl (C=O) groups is 1. The van der Waals surface area contributed by atoms with Gasteiger partial charge < -0.3 is 15.2 Å². The Morgan fingerprint density at radius 2 is 1.74 bits per heavy atom. The monoisotopic (exact) mass is 313 g/mol. The molecular formula is C19H23NO3. The van der Waals surface area contributed by atoms with Gasteiger partial charge in [-0.15, -0.1) is 0 Å². The fourth-order valence-electron chi connectivity index (χ4n) is 2.21. The van der Waals surface area contributed by atoms with E-state index in [0.717, 1.165) is 16.7 Å². The highest BCUT2D eigenvalue weighted by Crippen LogP contribution is 2.24. The molecule has 2 N–H and O–H groups in total. The van der Waals surface area contributed by atoms with Crippen molar-refractivity contribution in [1.82, 2.24) is 5.32 Å².